The second-order valence-corrected chi connectivity index (χ2v) is 7.03. The van der Waals surface area contributed by atoms with Gasteiger partial charge in [0.2, 0.25) is 10.0 Å². The number of hydrogen-bond acceptors (Lipinski definition) is 5. The van der Waals surface area contributed by atoms with Crippen molar-refractivity contribution >= 4 is 16.0 Å². The highest BCUT2D eigenvalue weighted by molar-refractivity contribution is 7.90. The lowest BCUT2D eigenvalue weighted by molar-refractivity contribution is -0.139. The van der Waals surface area contributed by atoms with Gasteiger partial charge in [0.05, 0.1) is 18.8 Å². The highest BCUT2D eigenvalue weighted by atomic mass is 32.2. The fraction of sp³-hybridized carbons (Fsp3) is 0.917. The Hall–Kier alpha value is -0.660. The number of rotatable bonds is 6. The minimum atomic E-state index is -3.78. The molecule has 1 fully saturated rings. The molecule has 2 N–H and O–H groups in total. The quantitative estimate of drug-likeness (QED) is 0.692. The van der Waals surface area contributed by atoms with Gasteiger partial charge in [-0.25, -0.2) is 13.1 Å². The first-order chi connectivity index (χ1) is 8.82. The number of hydrogen-bond donors (Lipinski definition) is 2. The van der Waals surface area contributed by atoms with Crippen LogP contribution in [0, 0.1) is 5.92 Å². The molecule has 7 heteroatoms. The fourth-order valence-electron chi connectivity index (χ4n) is 2.65. The number of carbonyl (C=O) groups excluding carboxylic acids is 1. The molecule has 0 bridgehead atoms. The van der Waals surface area contributed by atoms with Crippen LogP contribution in [0.1, 0.15) is 39.5 Å². The Morgan fingerprint density at radius 1 is 1.53 bits per heavy atom. The maximum Gasteiger partial charge on any atom is 0.322 e. The number of nitrogens with one attached hydrogen (secondary N) is 1. The number of ether oxygens (including phenoxy) is 1. The maximum atomic E-state index is 11.9. The number of aliphatic hydroxyl groups is 1. The summed E-state index contributed by atoms with van der Waals surface area (Å²) in [6.45, 7) is 3.55. The SMILES string of the molecule is CCOC(=O)CS(=O)(=O)NC1(CO)CCCC(C)C1. The first kappa shape index (κ1) is 16.4. The fourth-order valence-corrected chi connectivity index (χ4v) is 4.03. The predicted octanol–water partition coefficient (Wildman–Crippen LogP) is 0.410. The number of aliphatic hydroxyl groups excluding tert-OH is 1. The summed E-state index contributed by atoms with van der Waals surface area (Å²) in [6, 6.07) is 0. The van der Waals surface area contributed by atoms with Crippen LogP contribution in [0.4, 0.5) is 0 Å². The van der Waals surface area contributed by atoms with Gasteiger partial charge in [0, 0.05) is 0 Å². The molecule has 1 saturated carbocycles. The highest BCUT2D eigenvalue weighted by Gasteiger charge is 2.38. The molecule has 1 aliphatic carbocycles. The van der Waals surface area contributed by atoms with Crippen molar-refractivity contribution in [1.82, 2.24) is 4.72 Å². The van der Waals surface area contributed by atoms with Crippen molar-refractivity contribution in [2.75, 3.05) is 19.0 Å². The second kappa shape index (κ2) is 6.67. The van der Waals surface area contributed by atoms with Crippen LogP contribution in [0.5, 0.6) is 0 Å². The van der Waals surface area contributed by atoms with Crippen LogP contribution in [-0.2, 0) is 19.6 Å². The first-order valence-corrected chi connectivity index (χ1v) is 8.26. The van der Waals surface area contributed by atoms with E-state index in [0.717, 1.165) is 12.8 Å². The Morgan fingerprint density at radius 3 is 2.74 bits per heavy atom. The monoisotopic (exact) mass is 293 g/mol. The van der Waals surface area contributed by atoms with Crippen molar-refractivity contribution in [3.05, 3.63) is 0 Å². The van der Waals surface area contributed by atoms with Gasteiger partial charge in [0.25, 0.3) is 0 Å². The summed E-state index contributed by atoms with van der Waals surface area (Å²) in [5.41, 5.74) is -0.830. The van der Waals surface area contributed by atoms with Crippen LogP contribution in [0.3, 0.4) is 0 Å². The molecule has 0 aromatic rings. The standard InChI is InChI=1S/C12H23NO5S/c1-3-18-11(15)8-19(16,17)13-12(9-14)6-4-5-10(2)7-12/h10,13-14H,3-9H2,1-2H3. The molecule has 2 atom stereocenters. The average Bonchev–Trinajstić information content (AvgIpc) is 2.27. The van der Waals surface area contributed by atoms with Gasteiger partial charge in [-0.1, -0.05) is 19.8 Å². The van der Waals surface area contributed by atoms with E-state index in [1.54, 1.807) is 6.92 Å². The van der Waals surface area contributed by atoms with Crippen LogP contribution < -0.4 is 4.72 Å². The molecule has 1 aliphatic rings. The van der Waals surface area contributed by atoms with Crippen molar-refractivity contribution in [3.63, 3.8) is 0 Å². The smallest absolute Gasteiger partial charge is 0.322 e. The first-order valence-electron chi connectivity index (χ1n) is 6.60. The zero-order chi connectivity index (χ0) is 14.5. The summed E-state index contributed by atoms with van der Waals surface area (Å²) < 4.78 is 31.0. The molecule has 2 unspecified atom stereocenters. The Bertz CT molecular complexity index is 408. The van der Waals surface area contributed by atoms with Gasteiger partial charge in [-0.05, 0) is 25.7 Å². The zero-order valence-corrected chi connectivity index (χ0v) is 12.3. The molecule has 112 valence electrons. The molecule has 19 heavy (non-hydrogen) atoms. The Morgan fingerprint density at radius 2 is 2.21 bits per heavy atom. The summed E-state index contributed by atoms with van der Waals surface area (Å²) in [4.78, 5) is 11.3. The summed E-state index contributed by atoms with van der Waals surface area (Å²) in [7, 11) is -3.78. The second-order valence-electron chi connectivity index (χ2n) is 5.31. The summed E-state index contributed by atoms with van der Waals surface area (Å²) >= 11 is 0. The van der Waals surface area contributed by atoms with Crippen LogP contribution in [0.2, 0.25) is 0 Å². The van der Waals surface area contributed by atoms with Crippen molar-refractivity contribution in [2.24, 2.45) is 5.92 Å². The van der Waals surface area contributed by atoms with E-state index in [-0.39, 0.29) is 13.2 Å². The van der Waals surface area contributed by atoms with Crippen molar-refractivity contribution in [3.8, 4) is 0 Å². The third-order valence-corrected chi connectivity index (χ3v) is 4.74. The van der Waals surface area contributed by atoms with Crippen LogP contribution in [0.25, 0.3) is 0 Å². The van der Waals surface area contributed by atoms with E-state index in [9.17, 15) is 18.3 Å². The normalized spacial score (nSPS) is 28.1. The largest absolute Gasteiger partial charge is 0.465 e. The van der Waals surface area contributed by atoms with E-state index in [1.807, 2.05) is 6.92 Å². The van der Waals surface area contributed by atoms with E-state index in [4.69, 9.17) is 0 Å². The van der Waals surface area contributed by atoms with Crippen molar-refractivity contribution < 1.29 is 23.1 Å². The maximum absolute atomic E-state index is 11.9. The lowest BCUT2D eigenvalue weighted by Crippen LogP contribution is -2.54. The highest BCUT2D eigenvalue weighted by Crippen LogP contribution is 2.32. The predicted molar refractivity (Wildman–Crippen MR) is 71.0 cm³/mol. The molecule has 0 aromatic carbocycles. The summed E-state index contributed by atoms with van der Waals surface area (Å²) in [5.74, 6) is -1.12. The van der Waals surface area contributed by atoms with Crippen LogP contribution in [-0.4, -0.2) is 44.0 Å². The molecule has 6 nitrogen and oxygen atoms in total. The van der Waals surface area contributed by atoms with E-state index in [2.05, 4.69) is 9.46 Å². The molecule has 1 rings (SSSR count). The Labute approximate surface area is 114 Å². The lowest BCUT2D eigenvalue weighted by Gasteiger charge is -2.38. The molecule has 0 spiro atoms. The van der Waals surface area contributed by atoms with Gasteiger partial charge in [0.15, 0.2) is 5.75 Å². The number of carbonyl (C=O) groups is 1. The van der Waals surface area contributed by atoms with Crippen LogP contribution >= 0.6 is 0 Å². The third kappa shape index (κ3) is 5.08. The molecule has 0 heterocycles. The van der Waals surface area contributed by atoms with E-state index < -0.39 is 27.3 Å². The van der Waals surface area contributed by atoms with Gasteiger partial charge in [-0.2, -0.15) is 0 Å². The van der Waals surface area contributed by atoms with Gasteiger partial charge < -0.3 is 9.84 Å². The lowest BCUT2D eigenvalue weighted by atomic mass is 9.78. The van der Waals surface area contributed by atoms with Gasteiger partial charge in [-0.3, -0.25) is 4.79 Å². The van der Waals surface area contributed by atoms with E-state index in [1.165, 1.54) is 0 Å². The number of sulfonamides is 1. The molecule has 0 aromatic heterocycles. The molecule has 0 radical (unpaired) electrons. The minimum absolute atomic E-state index is 0.149. The van der Waals surface area contributed by atoms with Gasteiger partial charge >= 0.3 is 5.97 Å². The van der Waals surface area contributed by atoms with Crippen molar-refractivity contribution in [2.45, 2.75) is 45.1 Å². The average molecular weight is 293 g/mol. The summed E-state index contributed by atoms with van der Waals surface area (Å²) in [6.07, 6.45) is 3.08. The molecule has 0 amide bonds. The van der Waals surface area contributed by atoms with E-state index >= 15 is 0 Å². The molecular formula is C12H23NO5S. The Kier molecular flexibility index (Phi) is 5.76. The molecule has 0 saturated heterocycles. The van der Waals surface area contributed by atoms with Gasteiger partial charge in [-0.15, -0.1) is 0 Å². The zero-order valence-electron chi connectivity index (χ0n) is 11.5. The minimum Gasteiger partial charge on any atom is -0.465 e. The summed E-state index contributed by atoms with van der Waals surface area (Å²) in [5, 5.41) is 9.52. The van der Waals surface area contributed by atoms with Gasteiger partial charge in [0.1, 0.15) is 0 Å². The number of esters is 1. The van der Waals surface area contributed by atoms with Crippen LogP contribution in [0.15, 0.2) is 0 Å². The molecular weight excluding hydrogens is 270 g/mol. The third-order valence-electron chi connectivity index (χ3n) is 3.38. The van der Waals surface area contributed by atoms with E-state index in [0.29, 0.717) is 18.8 Å². The molecule has 0 aliphatic heterocycles. The topological polar surface area (TPSA) is 92.7 Å². The van der Waals surface area contributed by atoms with Crippen molar-refractivity contribution in [1.29, 1.82) is 0 Å². The Balaban J connectivity index is 2.71.